The summed E-state index contributed by atoms with van der Waals surface area (Å²) in [5.41, 5.74) is 3.38. The van der Waals surface area contributed by atoms with E-state index in [4.69, 9.17) is 0 Å². The van der Waals surface area contributed by atoms with E-state index in [1.807, 2.05) is 39.8 Å². The second-order valence-electron chi connectivity index (χ2n) is 7.02. The number of anilines is 4. The Labute approximate surface area is 190 Å². The first-order valence-electron chi connectivity index (χ1n) is 9.78. The summed E-state index contributed by atoms with van der Waals surface area (Å²) in [4.78, 5) is 0. The predicted octanol–water partition coefficient (Wildman–Crippen LogP) is -0.481. The summed E-state index contributed by atoms with van der Waals surface area (Å²) in [6.45, 7) is 7.49. The topological polar surface area (TPSA) is 214 Å². The summed E-state index contributed by atoms with van der Waals surface area (Å²) in [7, 11) is 0. The lowest BCUT2D eigenvalue weighted by Gasteiger charge is -2.04. The quantitative estimate of drug-likeness (QED) is 0.327. The van der Waals surface area contributed by atoms with Crippen molar-refractivity contribution >= 4 is 23.8 Å². The van der Waals surface area contributed by atoms with Crippen molar-refractivity contribution in [1.82, 2.24) is 80.7 Å². The first kappa shape index (κ1) is 20.7. The van der Waals surface area contributed by atoms with E-state index in [1.54, 1.807) is 0 Å². The molecule has 0 radical (unpaired) electrons. The van der Waals surface area contributed by atoms with E-state index in [9.17, 15) is 0 Å². The van der Waals surface area contributed by atoms with Gasteiger partial charge in [-0.1, -0.05) is 0 Å². The molecule has 18 nitrogen and oxygen atoms in total. The van der Waals surface area contributed by atoms with Crippen molar-refractivity contribution in [1.29, 1.82) is 0 Å². The summed E-state index contributed by atoms with van der Waals surface area (Å²) in [5, 5.41) is 61.3. The lowest BCUT2D eigenvalue weighted by atomic mass is 10.4. The number of nitrogens with one attached hydrogen (secondary N) is 2. The van der Waals surface area contributed by atoms with Gasteiger partial charge in [-0.05, 0) is 39.8 Å². The van der Waals surface area contributed by atoms with Crippen LogP contribution in [0.5, 0.6) is 0 Å². The molecule has 0 aromatic carbocycles. The molecule has 5 aromatic rings. The largest absolute Gasteiger partial charge is 0.289 e. The summed E-state index contributed by atoms with van der Waals surface area (Å²) in [6, 6.07) is 3.78. The van der Waals surface area contributed by atoms with Gasteiger partial charge in [0, 0.05) is 11.4 Å². The third-order valence-corrected chi connectivity index (χ3v) is 4.26. The summed E-state index contributed by atoms with van der Waals surface area (Å²) < 4.78 is 3.07. The number of nitrogens with zero attached hydrogens (tertiary/aromatic N) is 16. The Morgan fingerprint density at radius 2 is 0.765 bits per heavy atom. The van der Waals surface area contributed by atoms with Crippen LogP contribution in [0.4, 0.5) is 23.8 Å². The third kappa shape index (κ3) is 4.26. The average Bonchev–Trinajstić information content (AvgIpc) is 3.35. The SMILES string of the molecule is Cc1cc(C)n(-c2nnc(Nc3nnc(Nc4nnc(-n5nc(C)cc5C)nn4)nn3)nn2)n1. The molecule has 0 atom stereocenters. The highest BCUT2D eigenvalue weighted by molar-refractivity contribution is 5.42. The van der Waals surface area contributed by atoms with Crippen LogP contribution < -0.4 is 10.6 Å². The highest BCUT2D eigenvalue weighted by Gasteiger charge is 2.12. The van der Waals surface area contributed by atoms with Crippen LogP contribution in [0.2, 0.25) is 0 Å². The van der Waals surface area contributed by atoms with Gasteiger partial charge < -0.3 is 0 Å². The molecule has 0 bridgehead atoms. The number of hydrogen-bond donors (Lipinski definition) is 2. The van der Waals surface area contributed by atoms with Crippen molar-refractivity contribution in [2.45, 2.75) is 27.7 Å². The molecule has 0 spiro atoms. The fourth-order valence-electron chi connectivity index (χ4n) is 2.91. The van der Waals surface area contributed by atoms with Crippen LogP contribution >= 0.6 is 0 Å². The zero-order chi connectivity index (χ0) is 23.7. The molecule has 34 heavy (non-hydrogen) atoms. The molecule has 0 saturated carbocycles. The standard InChI is InChI=1S/C16H16N18/c1-7-5-9(3)33(31-7)15-27-23-13(24-28-15)17-11-19-21-12(22-20-11)18-14-25-29-16(30-26-14)34-10(4)6-8(2)32-34/h5-6H,1-4H3,(H,17,19,20,23,24)(H,18,21,22,25,26). The van der Waals surface area contributed by atoms with E-state index < -0.39 is 0 Å². The maximum absolute atomic E-state index is 4.28. The Bertz CT molecular complexity index is 1310. The van der Waals surface area contributed by atoms with Crippen molar-refractivity contribution in [2.75, 3.05) is 10.6 Å². The summed E-state index contributed by atoms with van der Waals surface area (Å²) >= 11 is 0. The van der Waals surface area contributed by atoms with Gasteiger partial charge in [-0.2, -0.15) is 10.2 Å². The molecule has 18 heteroatoms. The number of aryl methyl sites for hydroxylation is 4. The highest BCUT2D eigenvalue weighted by Crippen LogP contribution is 2.10. The van der Waals surface area contributed by atoms with Gasteiger partial charge in [-0.15, -0.1) is 61.2 Å². The normalized spacial score (nSPS) is 10.9. The van der Waals surface area contributed by atoms with Gasteiger partial charge in [0.05, 0.1) is 11.4 Å². The zero-order valence-corrected chi connectivity index (χ0v) is 18.3. The first-order valence-corrected chi connectivity index (χ1v) is 9.78. The van der Waals surface area contributed by atoms with Crippen molar-refractivity contribution in [2.24, 2.45) is 0 Å². The van der Waals surface area contributed by atoms with Gasteiger partial charge in [0.1, 0.15) is 0 Å². The van der Waals surface area contributed by atoms with Gasteiger partial charge in [0.15, 0.2) is 0 Å². The Morgan fingerprint density at radius 1 is 0.471 bits per heavy atom. The van der Waals surface area contributed by atoms with Gasteiger partial charge in [0.25, 0.3) is 35.7 Å². The Hall–Kier alpha value is -5.16. The maximum atomic E-state index is 4.28. The minimum atomic E-state index is 0.0325. The molecular formula is C16H16N18. The van der Waals surface area contributed by atoms with Crippen LogP contribution in [0.3, 0.4) is 0 Å². The molecular weight excluding hydrogens is 444 g/mol. The average molecular weight is 460 g/mol. The molecule has 0 saturated heterocycles. The fourth-order valence-corrected chi connectivity index (χ4v) is 2.91. The number of rotatable bonds is 6. The highest BCUT2D eigenvalue weighted by atomic mass is 15.5. The monoisotopic (exact) mass is 460 g/mol. The summed E-state index contributed by atoms with van der Waals surface area (Å²) in [6.07, 6.45) is 0. The maximum Gasteiger partial charge on any atom is 0.289 e. The molecule has 5 aromatic heterocycles. The molecule has 5 rings (SSSR count). The van der Waals surface area contributed by atoms with Crippen LogP contribution in [0, 0.1) is 27.7 Å². The van der Waals surface area contributed by atoms with Gasteiger partial charge in [-0.3, -0.25) is 10.6 Å². The molecule has 0 aliphatic carbocycles. The molecule has 0 amide bonds. The van der Waals surface area contributed by atoms with Crippen LogP contribution in [0.25, 0.3) is 11.9 Å². The number of hydrogen-bond acceptors (Lipinski definition) is 16. The third-order valence-electron chi connectivity index (χ3n) is 4.26. The van der Waals surface area contributed by atoms with Gasteiger partial charge in [-0.25, -0.2) is 9.36 Å². The van der Waals surface area contributed by atoms with E-state index in [0.717, 1.165) is 22.8 Å². The summed E-state index contributed by atoms with van der Waals surface area (Å²) in [5.74, 6) is 0.658. The predicted molar refractivity (Wildman–Crippen MR) is 113 cm³/mol. The van der Waals surface area contributed by atoms with Crippen LogP contribution in [0.15, 0.2) is 12.1 Å². The van der Waals surface area contributed by atoms with E-state index in [-0.39, 0.29) is 35.7 Å². The van der Waals surface area contributed by atoms with Crippen LogP contribution in [0.1, 0.15) is 22.8 Å². The van der Waals surface area contributed by atoms with E-state index in [2.05, 4.69) is 82.0 Å². The molecule has 0 aliphatic heterocycles. The second-order valence-corrected chi connectivity index (χ2v) is 7.02. The molecule has 5 heterocycles. The fraction of sp³-hybridized carbons (Fsp3) is 0.250. The lowest BCUT2D eigenvalue weighted by molar-refractivity contribution is 0.710. The van der Waals surface area contributed by atoms with Crippen molar-refractivity contribution < 1.29 is 0 Å². The Morgan fingerprint density at radius 3 is 1.03 bits per heavy atom. The molecule has 170 valence electrons. The lowest BCUT2D eigenvalue weighted by Crippen LogP contribution is -2.13. The van der Waals surface area contributed by atoms with E-state index >= 15 is 0 Å². The van der Waals surface area contributed by atoms with Crippen LogP contribution in [-0.2, 0) is 0 Å². The Balaban J connectivity index is 1.22. The van der Waals surface area contributed by atoms with E-state index in [1.165, 1.54) is 9.36 Å². The second kappa shape index (κ2) is 8.41. The molecule has 2 N–H and O–H groups in total. The zero-order valence-electron chi connectivity index (χ0n) is 18.3. The first-order chi connectivity index (χ1) is 16.4. The molecule has 0 fully saturated rings. The smallest absolute Gasteiger partial charge is 0.287 e. The Kier molecular flexibility index (Phi) is 5.13. The molecule has 0 aliphatic rings. The number of aromatic nitrogens is 16. The minimum Gasteiger partial charge on any atom is -0.287 e. The van der Waals surface area contributed by atoms with Gasteiger partial charge in [0.2, 0.25) is 0 Å². The minimum absolute atomic E-state index is 0.0325. The van der Waals surface area contributed by atoms with Crippen molar-refractivity contribution in [3.8, 4) is 11.9 Å². The van der Waals surface area contributed by atoms with Crippen LogP contribution in [-0.4, -0.2) is 80.7 Å². The van der Waals surface area contributed by atoms with Gasteiger partial charge >= 0.3 is 0 Å². The van der Waals surface area contributed by atoms with E-state index in [0.29, 0.717) is 0 Å². The molecule has 0 unspecified atom stereocenters. The van der Waals surface area contributed by atoms with Crippen molar-refractivity contribution in [3.63, 3.8) is 0 Å². The van der Waals surface area contributed by atoms with Crippen molar-refractivity contribution in [3.05, 3.63) is 34.9 Å².